The SMILES string of the molecule is CCC(C)CS(=O)C1CC(C)CCC1N. The molecular formula is C12H25NOS. The Balaban J connectivity index is 2.49. The summed E-state index contributed by atoms with van der Waals surface area (Å²) in [6.07, 6.45) is 4.43. The van der Waals surface area contributed by atoms with E-state index in [4.69, 9.17) is 5.73 Å². The molecular weight excluding hydrogens is 206 g/mol. The van der Waals surface area contributed by atoms with E-state index in [-0.39, 0.29) is 11.3 Å². The Bertz CT molecular complexity index is 220. The maximum absolute atomic E-state index is 12.2. The monoisotopic (exact) mass is 231 g/mol. The van der Waals surface area contributed by atoms with Crippen molar-refractivity contribution in [1.29, 1.82) is 0 Å². The highest BCUT2D eigenvalue weighted by Crippen LogP contribution is 2.27. The Kier molecular flexibility index (Phi) is 5.27. The molecule has 0 amide bonds. The molecule has 0 bridgehead atoms. The van der Waals surface area contributed by atoms with E-state index in [1.165, 1.54) is 6.42 Å². The number of hydrogen-bond acceptors (Lipinski definition) is 2. The third kappa shape index (κ3) is 3.87. The molecule has 1 saturated carbocycles. The Morgan fingerprint density at radius 2 is 2.13 bits per heavy atom. The molecule has 2 nitrogen and oxygen atoms in total. The molecule has 0 spiro atoms. The van der Waals surface area contributed by atoms with Crippen molar-refractivity contribution in [3.8, 4) is 0 Å². The minimum Gasteiger partial charge on any atom is -0.327 e. The van der Waals surface area contributed by atoms with Crippen molar-refractivity contribution in [3.05, 3.63) is 0 Å². The van der Waals surface area contributed by atoms with Gasteiger partial charge in [0.05, 0.1) is 5.25 Å². The van der Waals surface area contributed by atoms with Gasteiger partial charge < -0.3 is 5.73 Å². The fraction of sp³-hybridized carbons (Fsp3) is 1.00. The molecule has 3 heteroatoms. The van der Waals surface area contributed by atoms with Crippen LogP contribution in [0.5, 0.6) is 0 Å². The van der Waals surface area contributed by atoms with Gasteiger partial charge >= 0.3 is 0 Å². The zero-order valence-electron chi connectivity index (χ0n) is 10.2. The molecule has 0 aromatic rings. The first kappa shape index (κ1) is 13.2. The zero-order valence-corrected chi connectivity index (χ0v) is 11.1. The van der Waals surface area contributed by atoms with E-state index in [1.54, 1.807) is 0 Å². The predicted octanol–water partition coefficient (Wildman–Crippen LogP) is 2.30. The summed E-state index contributed by atoms with van der Waals surface area (Å²) < 4.78 is 12.2. The van der Waals surface area contributed by atoms with Crippen LogP contribution >= 0.6 is 0 Å². The molecule has 0 aromatic heterocycles. The van der Waals surface area contributed by atoms with Gasteiger partial charge in [-0.15, -0.1) is 0 Å². The van der Waals surface area contributed by atoms with E-state index < -0.39 is 10.8 Å². The smallest absolute Gasteiger partial charge is 0.0501 e. The van der Waals surface area contributed by atoms with E-state index in [9.17, 15) is 4.21 Å². The quantitative estimate of drug-likeness (QED) is 0.807. The molecule has 0 saturated heterocycles. The van der Waals surface area contributed by atoms with Crippen LogP contribution in [-0.4, -0.2) is 21.3 Å². The summed E-state index contributed by atoms with van der Waals surface area (Å²) in [4.78, 5) is 0. The number of rotatable bonds is 4. The van der Waals surface area contributed by atoms with Gasteiger partial charge in [0.1, 0.15) is 0 Å². The second-order valence-electron chi connectivity index (χ2n) is 5.18. The third-order valence-electron chi connectivity index (χ3n) is 3.59. The Hall–Kier alpha value is 0.110. The van der Waals surface area contributed by atoms with Crippen LogP contribution in [0.25, 0.3) is 0 Å². The lowest BCUT2D eigenvalue weighted by molar-refractivity contribution is 0.352. The average Bonchev–Trinajstić information content (AvgIpc) is 2.21. The number of nitrogens with two attached hydrogens (primary N) is 1. The summed E-state index contributed by atoms with van der Waals surface area (Å²) >= 11 is 0. The van der Waals surface area contributed by atoms with Crippen LogP contribution in [0.4, 0.5) is 0 Å². The van der Waals surface area contributed by atoms with Gasteiger partial charge in [0, 0.05) is 22.6 Å². The van der Waals surface area contributed by atoms with E-state index in [1.807, 2.05) is 0 Å². The van der Waals surface area contributed by atoms with Crippen LogP contribution in [0.1, 0.15) is 46.5 Å². The van der Waals surface area contributed by atoms with Gasteiger partial charge in [0.25, 0.3) is 0 Å². The summed E-state index contributed by atoms with van der Waals surface area (Å²) in [6, 6.07) is 0.172. The van der Waals surface area contributed by atoms with Crippen molar-refractivity contribution in [2.24, 2.45) is 17.6 Å². The van der Waals surface area contributed by atoms with Crippen LogP contribution in [0.3, 0.4) is 0 Å². The lowest BCUT2D eigenvalue weighted by atomic mass is 9.87. The first-order chi connectivity index (χ1) is 7.04. The molecule has 5 atom stereocenters. The summed E-state index contributed by atoms with van der Waals surface area (Å²) in [7, 11) is -0.712. The van der Waals surface area contributed by atoms with Crippen molar-refractivity contribution in [2.45, 2.75) is 57.7 Å². The van der Waals surface area contributed by atoms with Gasteiger partial charge in [0.15, 0.2) is 0 Å². The molecule has 1 aliphatic carbocycles. The fourth-order valence-electron chi connectivity index (χ4n) is 2.18. The van der Waals surface area contributed by atoms with Crippen molar-refractivity contribution >= 4 is 10.8 Å². The highest BCUT2D eigenvalue weighted by atomic mass is 32.2. The third-order valence-corrected chi connectivity index (χ3v) is 5.70. The first-order valence-corrected chi connectivity index (χ1v) is 7.55. The largest absolute Gasteiger partial charge is 0.327 e. The Labute approximate surface area is 96.5 Å². The molecule has 0 aromatic carbocycles. The fourth-order valence-corrected chi connectivity index (χ4v) is 4.29. The molecule has 1 aliphatic rings. The number of hydrogen-bond donors (Lipinski definition) is 1. The maximum atomic E-state index is 12.2. The van der Waals surface area contributed by atoms with Gasteiger partial charge in [-0.2, -0.15) is 0 Å². The summed E-state index contributed by atoms with van der Waals surface area (Å²) in [5, 5.41) is 0.253. The minimum atomic E-state index is -0.712. The topological polar surface area (TPSA) is 43.1 Å². The Morgan fingerprint density at radius 3 is 2.73 bits per heavy atom. The van der Waals surface area contributed by atoms with Gasteiger partial charge in [-0.05, 0) is 31.1 Å². The molecule has 1 fully saturated rings. The lowest BCUT2D eigenvalue weighted by Gasteiger charge is -2.32. The molecule has 0 heterocycles. The van der Waals surface area contributed by atoms with Crippen molar-refractivity contribution < 1.29 is 4.21 Å². The van der Waals surface area contributed by atoms with Gasteiger partial charge in [-0.3, -0.25) is 4.21 Å². The van der Waals surface area contributed by atoms with Gasteiger partial charge in [0.2, 0.25) is 0 Å². The van der Waals surface area contributed by atoms with E-state index >= 15 is 0 Å². The molecule has 5 unspecified atom stereocenters. The van der Waals surface area contributed by atoms with E-state index in [0.29, 0.717) is 11.8 Å². The van der Waals surface area contributed by atoms with Crippen molar-refractivity contribution in [3.63, 3.8) is 0 Å². The van der Waals surface area contributed by atoms with Crippen LogP contribution in [0.2, 0.25) is 0 Å². The molecule has 90 valence electrons. The predicted molar refractivity (Wildman–Crippen MR) is 67.2 cm³/mol. The van der Waals surface area contributed by atoms with Crippen LogP contribution in [0.15, 0.2) is 0 Å². The highest BCUT2D eigenvalue weighted by Gasteiger charge is 2.30. The minimum absolute atomic E-state index is 0.172. The van der Waals surface area contributed by atoms with Crippen LogP contribution < -0.4 is 5.73 Å². The van der Waals surface area contributed by atoms with Crippen LogP contribution in [0, 0.1) is 11.8 Å². The van der Waals surface area contributed by atoms with E-state index in [0.717, 1.165) is 25.0 Å². The average molecular weight is 231 g/mol. The van der Waals surface area contributed by atoms with Gasteiger partial charge in [-0.1, -0.05) is 27.2 Å². The highest BCUT2D eigenvalue weighted by molar-refractivity contribution is 7.85. The second-order valence-corrected chi connectivity index (χ2v) is 6.88. The van der Waals surface area contributed by atoms with E-state index in [2.05, 4.69) is 20.8 Å². The Morgan fingerprint density at radius 1 is 1.47 bits per heavy atom. The summed E-state index contributed by atoms with van der Waals surface area (Å²) in [5.41, 5.74) is 6.07. The van der Waals surface area contributed by atoms with Crippen LogP contribution in [-0.2, 0) is 10.8 Å². The molecule has 0 radical (unpaired) electrons. The molecule has 15 heavy (non-hydrogen) atoms. The standard InChI is InChI=1S/C12H25NOS/c1-4-9(2)8-15(14)12-7-10(3)5-6-11(12)13/h9-12H,4-8,13H2,1-3H3. The first-order valence-electron chi connectivity index (χ1n) is 6.17. The molecule has 1 rings (SSSR count). The van der Waals surface area contributed by atoms with Crippen molar-refractivity contribution in [2.75, 3.05) is 5.75 Å². The second kappa shape index (κ2) is 6.00. The zero-order chi connectivity index (χ0) is 11.4. The van der Waals surface area contributed by atoms with Gasteiger partial charge in [-0.25, -0.2) is 0 Å². The maximum Gasteiger partial charge on any atom is 0.0501 e. The lowest BCUT2D eigenvalue weighted by Crippen LogP contribution is -2.43. The normalized spacial score (nSPS) is 36.1. The molecule has 0 aliphatic heterocycles. The summed E-state index contributed by atoms with van der Waals surface area (Å²) in [5.74, 6) is 2.10. The summed E-state index contributed by atoms with van der Waals surface area (Å²) in [6.45, 7) is 6.58. The van der Waals surface area contributed by atoms with Crippen molar-refractivity contribution in [1.82, 2.24) is 0 Å². The molecule has 2 N–H and O–H groups in total.